The Morgan fingerprint density at radius 2 is 2.00 bits per heavy atom. The van der Waals surface area contributed by atoms with E-state index in [1.165, 1.54) is 0 Å². The van der Waals surface area contributed by atoms with Gasteiger partial charge in [0.15, 0.2) is 0 Å². The van der Waals surface area contributed by atoms with Gasteiger partial charge in [0.25, 0.3) is 5.91 Å². The third kappa shape index (κ3) is 4.36. The third-order valence-corrected chi connectivity index (χ3v) is 1.81. The van der Waals surface area contributed by atoms with Gasteiger partial charge in [0.1, 0.15) is 13.1 Å². The maximum absolute atomic E-state index is 12.2. The topological polar surface area (TPSA) is 83.4 Å². The van der Waals surface area contributed by atoms with Crippen LogP contribution >= 0.6 is 0 Å². The molecule has 0 radical (unpaired) electrons. The summed E-state index contributed by atoms with van der Waals surface area (Å²) in [6, 6.07) is 1.15. The number of nitrogens with zero attached hydrogens (tertiary/aromatic N) is 3. The molecule has 1 heterocycles. The van der Waals surface area contributed by atoms with Crippen LogP contribution in [0.25, 0.3) is 0 Å². The molecule has 6 nitrogen and oxygen atoms in total. The van der Waals surface area contributed by atoms with Gasteiger partial charge in [-0.1, -0.05) is 0 Å². The predicted octanol–water partition coefficient (Wildman–Crippen LogP) is 0.566. The second-order valence-electron chi connectivity index (χ2n) is 3.30. The van der Waals surface area contributed by atoms with E-state index in [4.69, 9.17) is 5.11 Å². The first kappa shape index (κ1) is 13.9. The molecule has 1 rings (SSSR count). The van der Waals surface area contributed by atoms with Crippen LogP contribution < -0.4 is 0 Å². The van der Waals surface area contributed by atoms with Gasteiger partial charge in [-0.25, -0.2) is 0 Å². The zero-order chi connectivity index (χ0) is 13.8. The van der Waals surface area contributed by atoms with E-state index >= 15 is 0 Å². The summed E-state index contributed by atoms with van der Waals surface area (Å²) in [5.74, 6) is -2.60. The number of hydrogen-bond acceptors (Lipinski definition) is 4. The number of carbonyl (C=O) groups excluding carboxylic acids is 1. The van der Waals surface area contributed by atoms with Gasteiger partial charge in [0.2, 0.25) is 0 Å². The minimum Gasteiger partial charge on any atom is -0.480 e. The fourth-order valence-corrected chi connectivity index (χ4v) is 1.18. The number of carbonyl (C=O) groups is 2. The number of alkyl halides is 3. The average molecular weight is 263 g/mol. The van der Waals surface area contributed by atoms with E-state index in [0.29, 0.717) is 0 Å². The smallest absolute Gasteiger partial charge is 0.406 e. The van der Waals surface area contributed by atoms with E-state index in [9.17, 15) is 22.8 Å². The Labute approximate surface area is 99.0 Å². The first-order valence-electron chi connectivity index (χ1n) is 4.64. The standard InChI is InChI=1S/C9H8F3N3O3/c10-9(11,12)5-15(4-7(16)17)8(18)6-1-2-13-14-3-6/h1-3H,4-5H2,(H,16,17). The third-order valence-electron chi connectivity index (χ3n) is 1.81. The second kappa shape index (κ2) is 5.43. The fourth-order valence-electron chi connectivity index (χ4n) is 1.18. The van der Waals surface area contributed by atoms with E-state index < -0.39 is 31.1 Å². The van der Waals surface area contributed by atoms with Gasteiger partial charge in [-0.2, -0.15) is 23.4 Å². The molecular weight excluding hydrogens is 255 g/mol. The van der Waals surface area contributed by atoms with Gasteiger partial charge in [-0.3, -0.25) is 9.59 Å². The van der Waals surface area contributed by atoms with Gasteiger partial charge in [-0.15, -0.1) is 0 Å². The molecule has 0 aliphatic heterocycles. The normalized spacial score (nSPS) is 11.1. The van der Waals surface area contributed by atoms with Gasteiger partial charge in [-0.05, 0) is 6.07 Å². The van der Waals surface area contributed by atoms with Crippen molar-refractivity contribution in [2.24, 2.45) is 0 Å². The minimum absolute atomic E-state index is 0.157. The van der Waals surface area contributed by atoms with Crippen molar-refractivity contribution in [2.45, 2.75) is 6.18 Å². The Morgan fingerprint density at radius 1 is 1.33 bits per heavy atom. The van der Waals surface area contributed by atoms with Crippen LogP contribution in [0, 0.1) is 0 Å². The summed E-state index contributed by atoms with van der Waals surface area (Å²) in [5, 5.41) is 15.2. The number of amides is 1. The minimum atomic E-state index is -4.68. The molecule has 0 aromatic carbocycles. The van der Waals surface area contributed by atoms with Crippen LogP contribution in [0.1, 0.15) is 10.4 Å². The van der Waals surface area contributed by atoms with Crippen molar-refractivity contribution in [3.63, 3.8) is 0 Å². The largest absolute Gasteiger partial charge is 0.480 e. The molecule has 0 spiro atoms. The Morgan fingerprint density at radius 3 is 2.44 bits per heavy atom. The monoisotopic (exact) mass is 263 g/mol. The molecule has 0 unspecified atom stereocenters. The summed E-state index contributed by atoms with van der Waals surface area (Å²) in [4.78, 5) is 22.3. The lowest BCUT2D eigenvalue weighted by Crippen LogP contribution is -2.42. The zero-order valence-electron chi connectivity index (χ0n) is 8.89. The van der Waals surface area contributed by atoms with Crippen molar-refractivity contribution >= 4 is 11.9 Å². The molecule has 0 saturated heterocycles. The van der Waals surface area contributed by atoms with Crippen LogP contribution in [0.15, 0.2) is 18.5 Å². The molecule has 18 heavy (non-hydrogen) atoms. The molecule has 0 aliphatic rings. The van der Waals surface area contributed by atoms with E-state index in [1.54, 1.807) is 0 Å². The lowest BCUT2D eigenvalue weighted by atomic mass is 10.2. The van der Waals surface area contributed by atoms with Crippen molar-refractivity contribution in [1.29, 1.82) is 0 Å². The first-order chi connectivity index (χ1) is 8.29. The highest BCUT2D eigenvalue weighted by Crippen LogP contribution is 2.17. The molecule has 1 N–H and O–H groups in total. The van der Waals surface area contributed by atoms with E-state index in [0.717, 1.165) is 18.5 Å². The van der Waals surface area contributed by atoms with Crippen LogP contribution in [0.5, 0.6) is 0 Å². The van der Waals surface area contributed by atoms with Crippen LogP contribution in [-0.2, 0) is 4.79 Å². The number of rotatable bonds is 4. The first-order valence-corrected chi connectivity index (χ1v) is 4.64. The Hall–Kier alpha value is -2.19. The number of hydrogen-bond donors (Lipinski definition) is 1. The Balaban J connectivity index is 2.89. The van der Waals surface area contributed by atoms with Crippen LogP contribution in [0.4, 0.5) is 13.2 Å². The van der Waals surface area contributed by atoms with Crippen LogP contribution in [0.3, 0.4) is 0 Å². The highest BCUT2D eigenvalue weighted by molar-refractivity contribution is 5.95. The molecular formula is C9H8F3N3O3. The van der Waals surface area contributed by atoms with Gasteiger partial charge in [0, 0.05) is 0 Å². The SMILES string of the molecule is O=C(O)CN(CC(F)(F)F)C(=O)c1ccnnc1. The van der Waals surface area contributed by atoms with E-state index in [1.807, 2.05) is 0 Å². The highest BCUT2D eigenvalue weighted by Gasteiger charge is 2.34. The van der Waals surface area contributed by atoms with E-state index in [2.05, 4.69) is 10.2 Å². The summed E-state index contributed by atoms with van der Waals surface area (Å²) < 4.78 is 36.7. The molecule has 1 aromatic rings. The molecule has 0 fully saturated rings. The summed E-state index contributed by atoms with van der Waals surface area (Å²) in [6.07, 6.45) is -2.58. The molecule has 98 valence electrons. The maximum Gasteiger partial charge on any atom is 0.406 e. The molecule has 0 bridgehead atoms. The van der Waals surface area contributed by atoms with Crippen LogP contribution in [-0.4, -0.2) is 51.3 Å². The van der Waals surface area contributed by atoms with Gasteiger partial charge < -0.3 is 10.0 Å². The quantitative estimate of drug-likeness (QED) is 0.858. The summed E-state index contributed by atoms with van der Waals surface area (Å²) in [5.41, 5.74) is -0.157. The number of aromatic nitrogens is 2. The number of carboxylic acid groups (broad SMARTS) is 1. The van der Waals surface area contributed by atoms with Gasteiger partial charge in [0.05, 0.1) is 18.0 Å². The van der Waals surface area contributed by atoms with Gasteiger partial charge >= 0.3 is 12.1 Å². The molecule has 1 aromatic heterocycles. The summed E-state index contributed by atoms with van der Waals surface area (Å²) in [7, 11) is 0. The molecule has 1 amide bonds. The summed E-state index contributed by atoms with van der Waals surface area (Å²) >= 11 is 0. The fraction of sp³-hybridized carbons (Fsp3) is 0.333. The van der Waals surface area contributed by atoms with Crippen molar-refractivity contribution in [2.75, 3.05) is 13.1 Å². The van der Waals surface area contributed by atoms with Crippen molar-refractivity contribution < 1.29 is 27.9 Å². The average Bonchev–Trinajstić information content (AvgIpc) is 2.26. The van der Waals surface area contributed by atoms with Crippen molar-refractivity contribution in [3.8, 4) is 0 Å². The van der Waals surface area contributed by atoms with Crippen molar-refractivity contribution in [1.82, 2.24) is 15.1 Å². The van der Waals surface area contributed by atoms with E-state index in [-0.39, 0.29) is 10.5 Å². The lowest BCUT2D eigenvalue weighted by Gasteiger charge is -2.21. The zero-order valence-corrected chi connectivity index (χ0v) is 8.89. The molecule has 0 aliphatic carbocycles. The number of aliphatic carboxylic acids is 1. The Bertz CT molecular complexity index is 436. The molecule has 0 saturated carbocycles. The number of halogens is 3. The summed E-state index contributed by atoms with van der Waals surface area (Å²) in [6.45, 7) is -2.68. The highest BCUT2D eigenvalue weighted by atomic mass is 19.4. The lowest BCUT2D eigenvalue weighted by molar-refractivity contribution is -0.149. The molecule has 0 atom stereocenters. The predicted molar refractivity (Wildman–Crippen MR) is 51.6 cm³/mol. The maximum atomic E-state index is 12.2. The Kier molecular flexibility index (Phi) is 4.18. The van der Waals surface area contributed by atoms with Crippen LogP contribution in [0.2, 0.25) is 0 Å². The number of carboxylic acids is 1. The molecule has 9 heteroatoms. The van der Waals surface area contributed by atoms with Crippen molar-refractivity contribution in [3.05, 3.63) is 24.0 Å². The second-order valence-corrected chi connectivity index (χ2v) is 3.30.